The van der Waals surface area contributed by atoms with Crippen LogP contribution in [0.5, 0.6) is 0 Å². The second kappa shape index (κ2) is 15.2. The van der Waals surface area contributed by atoms with Crippen LogP contribution in [0.15, 0.2) is 0 Å². The molecule has 198 valence electrons. The largest absolute Gasteiger partial charge is 0.481 e. The molecule has 15 nitrogen and oxygen atoms in total. The van der Waals surface area contributed by atoms with Gasteiger partial charge in [0.2, 0.25) is 29.5 Å². The summed E-state index contributed by atoms with van der Waals surface area (Å²) in [6.45, 7) is 3.47. The molecule has 0 spiro atoms. The van der Waals surface area contributed by atoms with Gasteiger partial charge in [0.25, 0.3) is 0 Å². The quantitative estimate of drug-likeness (QED) is 0.0991. The fourth-order valence-electron chi connectivity index (χ4n) is 2.92. The average molecular weight is 503 g/mol. The van der Waals surface area contributed by atoms with Crippen molar-refractivity contribution in [2.24, 2.45) is 23.1 Å². The number of hydrogen-bond donors (Lipinski definition) is 8. The predicted molar refractivity (Wildman–Crippen MR) is 120 cm³/mol. The summed E-state index contributed by atoms with van der Waals surface area (Å²) in [4.78, 5) is 82.2. The lowest BCUT2D eigenvalue weighted by Gasteiger charge is -2.26. The first-order valence-corrected chi connectivity index (χ1v) is 10.8. The number of primary amides is 2. The van der Waals surface area contributed by atoms with Crippen molar-refractivity contribution >= 4 is 41.5 Å². The predicted octanol–water partition coefficient (Wildman–Crippen LogP) is -3.10. The molecule has 0 bridgehead atoms. The summed E-state index contributed by atoms with van der Waals surface area (Å²) in [6, 6.07) is -5.49. The van der Waals surface area contributed by atoms with Gasteiger partial charge in [0.05, 0.1) is 12.5 Å². The van der Waals surface area contributed by atoms with Gasteiger partial charge in [0.15, 0.2) is 0 Å². The molecule has 11 N–H and O–H groups in total. The van der Waals surface area contributed by atoms with E-state index in [0.29, 0.717) is 0 Å². The standard InChI is InChI=1S/C20H34N6O9/c1-9(2)7-13(19(33)25-12(20(34)35)4-6-16(29)30)26-18(32)11(3-5-14(22)27)24-17(31)10(21)8-15(23)28/h9-13H,3-8,21H2,1-2H3,(H2,22,27)(H2,23,28)(H,24,31)(H,25,33)(H,26,32)(H,29,30)(H,34,35). The molecule has 15 heteroatoms. The molecule has 4 atom stereocenters. The van der Waals surface area contributed by atoms with Crippen LogP contribution in [-0.4, -0.2) is 75.9 Å². The Morgan fingerprint density at radius 3 is 1.66 bits per heavy atom. The second-order valence-corrected chi connectivity index (χ2v) is 8.37. The van der Waals surface area contributed by atoms with E-state index in [1.54, 1.807) is 13.8 Å². The van der Waals surface area contributed by atoms with Crippen LogP contribution < -0.4 is 33.2 Å². The van der Waals surface area contributed by atoms with E-state index in [9.17, 15) is 38.7 Å². The van der Waals surface area contributed by atoms with Crippen molar-refractivity contribution in [2.75, 3.05) is 0 Å². The highest BCUT2D eigenvalue weighted by molar-refractivity contribution is 5.95. The Balaban J connectivity index is 5.58. The Hall–Kier alpha value is -3.75. The molecule has 0 aliphatic carbocycles. The van der Waals surface area contributed by atoms with Gasteiger partial charge in [0, 0.05) is 12.8 Å². The number of carboxylic acid groups (broad SMARTS) is 2. The van der Waals surface area contributed by atoms with Gasteiger partial charge in [-0.15, -0.1) is 0 Å². The molecule has 0 heterocycles. The van der Waals surface area contributed by atoms with Crippen molar-refractivity contribution < 1.29 is 43.8 Å². The normalized spacial score (nSPS) is 14.2. The fraction of sp³-hybridized carbons (Fsp3) is 0.650. The van der Waals surface area contributed by atoms with E-state index in [-0.39, 0.29) is 31.6 Å². The summed E-state index contributed by atoms with van der Waals surface area (Å²) in [5.74, 6) is -7.13. The van der Waals surface area contributed by atoms with Crippen molar-refractivity contribution in [3.05, 3.63) is 0 Å². The lowest BCUT2D eigenvalue weighted by Crippen LogP contribution is -2.57. The van der Waals surface area contributed by atoms with Crippen LogP contribution in [0, 0.1) is 5.92 Å². The van der Waals surface area contributed by atoms with E-state index in [0.717, 1.165) is 0 Å². The summed E-state index contributed by atoms with van der Waals surface area (Å²) in [5.41, 5.74) is 15.7. The highest BCUT2D eigenvalue weighted by Crippen LogP contribution is 2.09. The van der Waals surface area contributed by atoms with E-state index in [1.165, 1.54) is 0 Å². The maximum atomic E-state index is 12.9. The van der Waals surface area contributed by atoms with E-state index >= 15 is 0 Å². The van der Waals surface area contributed by atoms with E-state index < -0.39 is 78.5 Å². The molecule has 5 amide bonds. The Morgan fingerprint density at radius 2 is 1.20 bits per heavy atom. The minimum absolute atomic E-state index is 0.0700. The number of nitrogens with two attached hydrogens (primary N) is 3. The Labute approximate surface area is 201 Å². The Morgan fingerprint density at radius 1 is 0.714 bits per heavy atom. The maximum absolute atomic E-state index is 12.9. The summed E-state index contributed by atoms with van der Waals surface area (Å²) < 4.78 is 0. The maximum Gasteiger partial charge on any atom is 0.326 e. The van der Waals surface area contributed by atoms with Crippen molar-refractivity contribution in [1.29, 1.82) is 0 Å². The first-order valence-electron chi connectivity index (χ1n) is 10.8. The van der Waals surface area contributed by atoms with Crippen molar-refractivity contribution in [3.63, 3.8) is 0 Å². The van der Waals surface area contributed by atoms with Gasteiger partial charge >= 0.3 is 11.9 Å². The number of nitrogens with one attached hydrogen (secondary N) is 3. The topological polar surface area (TPSA) is 274 Å². The van der Waals surface area contributed by atoms with Crippen LogP contribution in [0.3, 0.4) is 0 Å². The summed E-state index contributed by atoms with van der Waals surface area (Å²) in [6.07, 6.45) is -1.87. The summed E-state index contributed by atoms with van der Waals surface area (Å²) in [5, 5.41) is 24.9. The Bertz CT molecular complexity index is 817. The number of amides is 5. The highest BCUT2D eigenvalue weighted by Gasteiger charge is 2.31. The third-order valence-electron chi connectivity index (χ3n) is 4.67. The second-order valence-electron chi connectivity index (χ2n) is 8.37. The molecule has 0 aromatic carbocycles. The van der Waals surface area contributed by atoms with Gasteiger partial charge in [-0.3, -0.25) is 28.8 Å². The van der Waals surface area contributed by atoms with Crippen LogP contribution in [-0.2, 0) is 33.6 Å². The summed E-state index contributed by atoms with van der Waals surface area (Å²) in [7, 11) is 0. The molecule has 0 rings (SSSR count). The van der Waals surface area contributed by atoms with Crippen LogP contribution in [0.2, 0.25) is 0 Å². The molecular weight excluding hydrogens is 468 g/mol. The van der Waals surface area contributed by atoms with Gasteiger partial charge in [-0.25, -0.2) is 4.79 Å². The van der Waals surface area contributed by atoms with Crippen LogP contribution in [0.4, 0.5) is 0 Å². The molecule has 0 radical (unpaired) electrons. The minimum atomic E-state index is -1.51. The number of rotatable bonds is 17. The smallest absolute Gasteiger partial charge is 0.326 e. The average Bonchev–Trinajstić information content (AvgIpc) is 2.71. The minimum Gasteiger partial charge on any atom is -0.481 e. The molecule has 0 aliphatic rings. The zero-order valence-corrected chi connectivity index (χ0v) is 19.6. The molecular formula is C20H34N6O9. The van der Waals surface area contributed by atoms with Gasteiger partial charge in [-0.05, 0) is 25.2 Å². The lowest BCUT2D eigenvalue weighted by molar-refractivity contribution is -0.143. The lowest BCUT2D eigenvalue weighted by atomic mass is 10.0. The number of hydrogen-bond acceptors (Lipinski definition) is 8. The van der Waals surface area contributed by atoms with Gasteiger partial charge in [0.1, 0.15) is 18.1 Å². The molecule has 0 saturated heterocycles. The third-order valence-corrected chi connectivity index (χ3v) is 4.67. The van der Waals surface area contributed by atoms with Crippen LogP contribution >= 0.6 is 0 Å². The molecule has 35 heavy (non-hydrogen) atoms. The monoisotopic (exact) mass is 502 g/mol. The van der Waals surface area contributed by atoms with E-state index in [1.807, 2.05) is 0 Å². The van der Waals surface area contributed by atoms with E-state index in [2.05, 4.69) is 16.0 Å². The van der Waals surface area contributed by atoms with Gasteiger partial charge in [-0.2, -0.15) is 0 Å². The molecule has 0 aromatic rings. The van der Waals surface area contributed by atoms with Crippen molar-refractivity contribution in [1.82, 2.24) is 16.0 Å². The zero-order valence-electron chi connectivity index (χ0n) is 19.6. The molecule has 4 unspecified atom stereocenters. The van der Waals surface area contributed by atoms with Crippen LogP contribution in [0.1, 0.15) is 52.4 Å². The Kier molecular flexibility index (Phi) is 13.6. The number of carbonyl (C=O) groups is 7. The summed E-state index contributed by atoms with van der Waals surface area (Å²) >= 11 is 0. The SMILES string of the molecule is CC(C)CC(NC(=O)C(CCC(N)=O)NC(=O)C(N)CC(N)=O)C(=O)NC(CCC(=O)O)C(=O)O. The van der Waals surface area contributed by atoms with Gasteiger partial charge in [-0.1, -0.05) is 13.8 Å². The third kappa shape index (κ3) is 13.5. The number of carboxylic acids is 2. The molecule has 0 fully saturated rings. The first-order chi connectivity index (χ1) is 16.1. The molecule has 0 saturated carbocycles. The molecule has 0 aromatic heterocycles. The fourth-order valence-corrected chi connectivity index (χ4v) is 2.92. The number of carbonyl (C=O) groups excluding carboxylic acids is 5. The van der Waals surface area contributed by atoms with Crippen LogP contribution in [0.25, 0.3) is 0 Å². The van der Waals surface area contributed by atoms with Crippen molar-refractivity contribution in [3.8, 4) is 0 Å². The molecule has 0 aliphatic heterocycles. The van der Waals surface area contributed by atoms with Gasteiger partial charge < -0.3 is 43.4 Å². The zero-order chi connectivity index (χ0) is 27.3. The van der Waals surface area contributed by atoms with E-state index in [4.69, 9.17) is 22.3 Å². The first kappa shape index (κ1) is 31.2. The highest BCUT2D eigenvalue weighted by atomic mass is 16.4. The number of aliphatic carboxylic acids is 2. The van der Waals surface area contributed by atoms with Crippen molar-refractivity contribution in [2.45, 2.75) is 76.5 Å².